The van der Waals surface area contributed by atoms with E-state index in [-0.39, 0.29) is 0 Å². The zero-order chi connectivity index (χ0) is 12.6. The third-order valence-electron chi connectivity index (χ3n) is 3.42. The fraction of sp³-hybridized carbons (Fsp3) is 0.571. The topological polar surface area (TPSA) is 29.3 Å². The molecule has 94 valence electrons. The molecule has 1 aromatic carbocycles. The lowest BCUT2D eigenvalue weighted by Gasteiger charge is -2.37. The molecule has 0 saturated carbocycles. The van der Waals surface area contributed by atoms with E-state index in [1.165, 1.54) is 17.7 Å². The van der Waals surface area contributed by atoms with Crippen LogP contribution in [0.25, 0.3) is 0 Å². The van der Waals surface area contributed by atoms with Gasteiger partial charge in [0, 0.05) is 17.6 Å². The Kier molecular flexibility index (Phi) is 3.67. The van der Waals surface area contributed by atoms with Crippen LogP contribution in [0, 0.1) is 18.8 Å². The molecule has 1 saturated heterocycles. The molecule has 2 unspecified atom stereocenters. The highest BCUT2D eigenvalue weighted by Gasteiger charge is 2.24. The molecule has 1 fully saturated rings. The Morgan fingerprint density at radius 3 is 2.35 bits per heavy atom. The number of hydrogen-bond acceptors (Lipinski definition) is 2. The van der Waals surface area contributed by atoms with E-state index in [0.29, 0.717) is 0 Å². The Bertz CT molecular complexity index is 384. The van der Waals surface area contributed by atoms with Crippen LogP contribution in [0.1, 0.15) is 25.8 Å². The first-order valence-corrected chi connectivity index (χ1v) is 7.07. The highest BCUT2D eigenvalue weighted by molar-refractivity contribution is 9.10. The van der Waals surface area contributed by atoms with Crippen molar-refractivity contribution in [1.82, 2.24) is 0 Å². The van der Waals surface area contributed by atoms with Gasteiger partial charge in [-0.3, -0.25) is 0 Å². The molecule has 2 rings (SSSR count). The van der Waals surface area contributed by atoms with Crippen molar-refractivity contribution in [3.8, 4) is 0 Å². The number of hydrogen-bond donors (Lipinski definition) is 1. The Morgan fingerprint density at radius 2 is 1.82 bits per heavy atom. The van der Waals surface area contributed by atoms with Crippen molar-refractivity contribution in [3.05, 3.63) is 22.2 Å². The summed E-state index contributed by atoms with van der Waals surface area (Å²) in [6, 6.07) is 4.21. The molecule has 1 aromatic rings. The summed E-state index contributed by atoms with van der Waals surface area (Å²) in [5, 5.41) is 0. The van der Waals surface area contributed by atoms with Crippen LogP contribution < -0.4 is 10.6 Å². The van der Waals surface area contributed by atoms with Crippen LogP contribution >= 0.6 is 15.9 Å². The lowest BCUT2D eigenvalue weighted by Crippen LogP contribution is -2.39. The Morgan fingerprint density at radius 1 is 1.24 bits per heavy atom. The molecule has 2 nitrogen and oxygen atoms in total. The molecule has 0 bridgehead atoms. The number of nitrogens with zero attached hydrogens (tertiary/aromatic N) is 1. The van der Waals surface area contributed by atoms with Crippen molar-refractivity contribution in [2.24, 2.45) is 11.8 Å². The minimum atomic E-state index is 0.742. The third kappa shape index (κ3) is 2.76. The van der Waals surface area contributed by atoms with Crippen LogP contribution in [-0.4, -0.2) is 13.1 Å². The van der Waals surface area contributed by atoms with Gasteiger partial charge in [-0.1, -0.05) is 13.8 Å². The van der Waals surface area contributed by atoms with E-state index >= 15 is 0 Å². The highest BCUT2D eigenvalue weighted by Crippen LogP contribution is 2.36. The van der Waals surface area contributed by atoms with E-state index in [1.54, 1.807) is 0 Å². The summed E-state index contributed by atoms with van der Waals surface area (Å²) in [5.41, 5.74) is 9.44. The van der Waals surface area contributed by atoms with Gasteiger partial charge >= 0.3 is 0 Å². The number of anilines is 2. The van der Waals surface area contributed by atoms with Crippen molar-refractivity contribution in [1.29, 1.82) is 0 Å². The van der Waals surface area contributed by atoms with Crippen LogP contribution in [0.4, 0.5) is 11.4 Å². The van der Waals surface area contributed by atoms with Gasteiger partial charge in [-0.15, -0.1) is 0 Å². The quantitative estimate of drug-likeness (QED) is 0.798. The summed E-state index contributed by atoms with van der Waals surface area (Å²) in [5.74, 6) is 1.48. The Hall–Kier alpha value is -0.700. The standard InChI is InChI=1S/C14H21BrN2/c1-9-5-12(15)14(13(16)6-9)17-7-10(2)4-11(3)8-17/h5-6,10-11H,4,7-8,16H2,1-3H3. The average Bonchev–Trinajstić information content (AvgIpc) is 2.13. The third-order valence-corrected chi connectivity index (χ3v) is 4.03. The van der Waals surface area contributed by atoms with Gasteiger partial charge in [-0.05, 0) is 58.8 Å². The van der Waals surface area contributed by atoms with Crippen LogP contribution in [-0.2, 0) is 0 Å². The van der Waals surface area contributed by atoms with Crippen LogP contribution in [0.5, 0.6) is 0 Å². The van der Waals surface area contributed by atoms with Gasteiger partial charge in [0.2, 0.25) is 0 Å². The molecule has 1 aliphatic heterocycles. The smallest absolute Gasteiger partial charge is 0.0744 e. The Balaban J connectivity index is 2.33. The zero-order valence-electron chi connectivity index (χ0n) is 10.8. The first-order chi connectivity index (χ1) is 7.97. The average molecular weight is 297 g/mol. The van der Waals surface area contributed by atoms with Gasteiger partial charge < -0.3 is 10.6 Å². The molecule has 0 spiro atoms. The molecule has 3 heteroatoms. The molecule has 17 heavy (non-hydrogen) atoms. The van der Waals surface area contributed by atoms with E-state index in [9.17, 15) is 0 Å². The van der Waals surface area contributed by atoms with E-state index in [4.69, 9.17) is 5.73 Å². The second-order valence-corrected chi connectivity index (χ2v) is 6.39. The number of benzene rings is 1. The minimum Gasteiger partial charge on any atom is -0.397 e. The predicted octanol–water partition coefficient (Wildman–Crippen LogP) is 3.82. The molecule has 0 aliphatic carbocycles. The monoisotopic (exact) mass is 296 g/mol. The number of nitrogen functional groups attached to an aromatic ring is 1. The lowest BCUT2D eigenvalue weighted by molar-refractivity contribution is 0.357. The maximum atomic E-state index is 6.17. The van der Waals surface area contributed by atoms with E-state index in [1.807, 2.05) is 0 Å². The fourth-order valence-electron chi connectivity index (χ4n) is 2.94. The summed E-state index contributed by atoms with van der Waals surface area (Å²) in [6.45, 7) is 8.93. The maximum Gasteiger partial charge on any atom is 0.0744 e. The molecule has 1 heterocycles. The molecule has 1 aliphatic rings. The molecule has 0 aromatic heterocycles. The zero-order valence-corrected chi connectivity index (χ0v) is 12.4. The molecular weight excluding hydrogens is 276 g/mol. The number of nitrogens with two attached hydrogens (primary N) is 1. The van der Waals surface area contributed by atoms with E-state index < -0.39 is 0 Å². The molecule has 0 radical (unpaired) electrons. The largest absolute Gasteiger partial charge is 0.397 e. The summed E-state index contributed by atoms with van der Waals surface area (Å²) in [4.78, 5) is 2.43. The van der Waals surface area contributed by atoms with Crippen LogP contribution in [0.2, 0.25) is 0 Å². The minimum absolute atomic E-state index is 0.742. The summed E-state index contributed by atoms with van der Waals surface area (Å²) >= 11 is 3.65. The van der Waals surface area contributed by atoms with Gasteiger partial charge in [-0.25, -0.2) is 0 Å². The van der Waals surface area contributed by atoms with Gasteiger partial charge in [0.05, 0.1) is 11.4 Å². The molecular formula is C14H21BrN2. The summed E-state index contributed by atoms with van der Waals surface area (Å²) in [6.07, 6.45) is 1.32. The van der Waals surface area contributed by atoms with Crippen molar-refractivity contribution < 1.29 is 0 Å². The number of rotatable bonds is 1. The predicted molar refractivity (Wildman–Crippen MR) is 78.4 cm³/mol. The van der Waals surface area contributed by atoms with Gasteiger partial charge in [0.25, 0.3) is 0 Å². The number of piperidine rings is 1. The van der Waals surface area contributed by atoms with Crippen molar-refractivity contribution in [2.75, 3.05) is 23.7 Å². The lowest BCUT2D eigenvalue weighted by atomic mass is 9.91. The van der Waals surface area contributed by atoms with E-state index in [0.717, 1.165) is 35.1 Å². The van der Waals surface area contributed by atoms with Gasteiger partial charge in [-0.2, -0.15) is 0 Å². The molecule has 0 amide bonds. The number of halogens is 1. The molecule has 2 N–H and O–H groups in total. The van der Waals surface area contributed by atoms with Crippen LogP contribution in [0.15, 0.2) is 16.6 Å². The number of aryl methyl sites for hydroxylation is 1. The fourth-order valence-corrected chi connectivity index (χ4v) is 3.78. The van der Waals surface area contributed by atoms with Gasteiger partial charge in [0.1, 0.15) is 0 Å². The molecule has 2 atom stereocenters. The van der Waals surface area contributed by atoms with Crippen molar-refractivity contribution in [3.63, 3.8) is 0 Å². The SMILES string of the molecule is Cc1cc(N)c(N2CC(C)CC(C)C2)c(Br)c1. The second-order valence-electron chi connectivity index (χ2n) is 5.54. The second kappa shape index (κ2) is 4.89. The normalized spacial score (nSPS) is 25.1. The Labute approximate surface area is 112 Å². The first-order valence-electron chi connectivity index (χ1n) is 6.28. The van der Waals surface area contributed by atoms with Crippen LogP contribution in [0.3, 0.4) is 0 Å². The summed E-state index contributed by atoms with van der Waals surface area (Å²) < 4.78 is 1.12. The first kappa shape index (κ1) is 12.7. The van der Waals surface area contributed by atoms with Crippen molar-refractivity contribution in [2.45, 2.75) is 27.2 Å². The highest BCUT2D eigenvalue weighted by atomic mass is 79.9. The maximum absolute atomic E-state index is 6.17. The summed E-state index contributed by atoms with van der Waals surface area (Å²) in [7, 11) is 0. The van der Waals surface area contributed by atoms with Gasteiger partial charge in [0.15, 0.2) is 0 Å². The van der Waals surface area contributed by atoms with Crippen molar-refractivity contribution >= 4 is 27.3 Å². The van der Waals surface area contributed by atoms with E-state index in [2.05, 4.69) is 53.7 Å².